The van der Waals surface area contributed by atoms with Crippen LogP contribution in [0.3, 0.4) is 0 Å². The summed E-state index contributed by atoms with van der Waals surface area (Å²) in [5.41, 5.74) is 2.83. The van der Waals surface area contributed by atoms with Gasteiger partial charge in [-0.1, -0.05) is 11.3 Å². The third kappa shape index (κ3) is 2.10. The van der Waals surface area contributed by atoms with Gasteiger partial charge in [0.2, 0.25) is 0 Å². The van der Waals surface area contributed by atoms with Gasteiger partial charge in [0.15, 0.2) is 5.13 Å². The molecule has 0 saturated carbocycles. The molecule has 0 radical (unpaired) electrons. The zero-order valence-corrected chi connectivity index (χ0v) is 10.7. The molecule has 0 N–H and O–H groups in total. The SMILES string of the molecule is FC(F)(F)c1cnc(N2CCc3ncsc3C2)s1. The second-order valence-electron chi connectivity index (χ2n) is 3.90. The minimum absolute atomic E-state index is 0.432. The van der Waals surface area contributed by atoms with Gasteiger partial charge in [-0.3, -0.25) is 0 Å². The van der Waals surface area contributed by atoms with Crippen molar-refractivity contribution in [3.63, 3.8) is 0 Å². The Kier molecular flexibility index (Phi) is 2.78. The van der Waals surface area contributed by atoms with E-state index in [0.29, 0.717) is 29.6 Å². The molecular formula is C10H8F3N3S2. The number of thiazole rings is 2. The normalized spacial score (nSPS) is 15.8. The van der Waals surface area contributed by atoms with Crippen molar-refractivity contribution < 1.29 is 13.2 Å². The summed E-state index contributed by atoms with van der Waals surface area (Å²) in [6, 6.07) is 0. The molecule has 0 aliphatic carbocycles. The van der Waals surface area contributed by atoms with E-state index in [4.69, 9.17) is 0 Å². The molecule has 0 unspecified atom stereocenters. The van der Waals surface area contributed by atoms with Crippen LogP contribution in [-0.4, -0.2) is 16.5 Å². The lowest BCUT2D eigenvalue weighted by atomic mass is 10.2. The summed E-state index contributed by atoms with van der Waals surface area (Å²) >= 11 is 2.24. The predicted molar refractivity (Wildman–Crippen MR) is 64.0 cm³/mol. The van der Waals surface area contributed by atoms with Gasteiger partial charge in [0.1, 0.15) is 4.88 Å². The second kappa shape index (κ2) is 4.20. The van der Waals surface area contributed by atoms with Crippen LogP contribution in [0.25, 0.3) is 0 Å². The highest BCUT2D eigenvalue weighted by molar-refractivity contribution is 7.15. The number of alkyl halides is 3. The zero-order valence-electron chi connectivity index (χ0n) is 9.07. The highest BCUT2D eigenvalue weighted by Gasteiger charge is 2.34. The van der Waals surface area contributed by atoms with Gasteiger partial charge < -0.3 is 4.90 Å². The average Bonchev–Trinajstić information content (AvgIpc) is 2.96. The topological polar surface area (TPSA) is 29.0 Å². The van der Waals surface area contributed by atoms with Crippen molar-refractivity contribution in [2.45, 2.75) is 19.1 Å². The van der Waals surface area contributed by atoms with Crippen LogP contribution in [0.2, 0.25) is 0 Å². The van der Waals surface area contributed by atoms with Crippen molar-refractivity contribution in [1.82, 2.24) is 9.97 Å². The van der Waals surface area contributed by atoms with E-state index >= 15 is 0 Å². The fraction of sp³-hybridized carbons (Fsp3) is 0.400. The Morgan fingerprint density at radius 3 is 2.83 bits per heavy atom. The van der Waals surface area contributed by atoms with E-state index in [-0.39, 0.29) is 0 Å². The van der Waals surface area contributed by atoms with Crippen LogP contribution >= 0.6 is 22.7 Å². The first kappa shape index (κ1) is 11.9. The number of anilines is 1. The third-order valence-electron chi connectivity index (χ3n) is 2.72. The third-order valence-corrected chi connectivity index (χ3v) is 4.68. The maximum Gasteiger partial charge on any atom is 0.427 e. The van der Waals surface area contributed by atoms with Crippen LogP contribution in [0.5, 0.6) is 0 Å². The first-order chi connectivity index (χ1) is 8.54. The largest absolute Gasteiger partial charge is 0.427 e. The van der Waals surface area contributed by atoms with E-state index in [1.54, 1.807) is 5.51 Å². The van der Waals surface area contributed by atoms with Crippen molar-refractivity contribution in [1.29, 1.82) is 0 Å². The molecule has 0 fully saturated rings. The van der Waals surface area contributed by atoms with Gasteiger partial charge in [0.25, 0.3) is 0 Å². The summed E-state index contributed by atoms with van der Waals surface area (Å²) in [7, 11) is 0. The number of halogens is 3. The molecule has 8 heteroatoms. The van der Waals surface area contributed by atoms with Crippen LogP contribution in [0.4, 0.5) is 18.3 Å². The van der Waals surface area contributed by atoms with Crippen molar-refractivity contribution in [3.05, 3.63) is 27.2 Å². The fourth-order valence-electron chi connectivity index (χ4n) is 1.82. The van der Waals surface area contributed by atoms with E-state index in [1.807, 2.05) is 4.90 Å². The predicted octanol–water partition coefficient (Wildman–Crippen LogP) is 3.18. The number of rotatable bonds is 1. The summed E-state index contributed by atoms with van der Waals surface area (Å²) in [6.07, 6.45) is -2.64. The van der Waals surface area contributed by atoms with Gasteiger partial charge in [0.05, 0.1) is 23.9 Å². The zero-order chi connectivity index (χ0) is 12.8. The number of nitrogens with zero attached hydrogens (tertiary/aromatic N) is 3. The van der Waals surface area contributed by atoms with Crippen LogP contribution in [0, 0.1) is 0 Å². The summed E-state index contributed by atoms with van der Waals surface area (Å²) in [5.74, 6) is 0. The minimum atomic E-state index is -4.30. The van der Waals surface area contributed by atoms with Gasteiger partial charge in [-0.2, -0.15) is 13.2 Å². The molecule has 0 atom stereocenters. The first-order valence-corrected chi connectivity index (χ1v) is 6.93. The summed E-state index contributed by atoms with van der Waals surface area (Å²) in [6.45, 7) is 1.27. The van der Waals surface area contributed by atoms with Gasteiger partial charge in [-0.15, -0.1) is 11.3 Å². The molecule has 18 heavy (non-hydrogen) atoms. The smallest absolute Gasteiger partial charge is 0.342 e. The van der Waals surface area contributed by atoms with Gasteiger partial charge in [-0.05, 0) is 0 Å². The quantitative estimate of drug-likeness (QED) is 0.808. The molecule has 3 rings (SSSR count). The van der Waals surface area contributed by atoms with Crippen molar-refractivity contribution in [3.8, 4) is 0 Å². The molecule has 96 valence electrons. The van der Waals surface area contributed by atoms with Gasteiger partial charge in [0, 0.05) is 17.8 Å². The Hall–Kier alpha value is -1.15. The fourth-order valence-corrected chi connectivity index (χ4v) is 3.46. The van der Waals surface area contributed by atoms with Crippen molar-refractivity contribution in [2.24, 2.45) is 0 Å². The molecular weight excluding hydrogens is 283 g/mol. The molecule has 3 nitrogen and oxygen atoms in total. The monoisotopic (exact) mass is 291 g/mol. The van der Waals surface area contributed by atoms with E-state index in [2.05, 4.69) is 9.97 Å². The number of hydrogen-bond acceptors (Lipinski definition) is 5. The number of fused-ring (bicyclic) bond motifs is 1. The van der Waals surface area contributed by atoms with E-state index in [0.717, 1.165) is 23.2 Å². The molecule has 0 amide bonds. The second-order valence-corrected chi connectivity index (χ2v) is 5.85. The average molecular weight is 291 g/mol. The Balaban J connectivity index is 1.83. The Morgan fingerprint density at radius 2 is 2.11 bits per heavy atom. The Bertz CT molecular complexity index is 561. The summed E-state index contributed by atoms with van der Waals surface area (Å²) < 4.78 is 37.5. The van der Waals surface area contributed by atoms with E-state index in [1.165, 1.54) is 11.3 Å². The highest BCUT2D eigenvalue weighted by Crippen LogP contribution is 2.37. The lowest BCUT2D eigenvalue weighted by Gasteiger charge is -2.25. The molecule has 1 aliphatic heterocycles. The lowest BCUT2D eigenvalue weighted by molar-refractivity contribution is -0.134. The van der Waals surface area contributed by atoms with E-state index < -0.39 is 11.1 Å². The number of aromatic nitrogens is 2. The molecule has 3 heterocycles. The molecule has 2 aromatic heterocycles. The van der Waals surface area contributed by atoms with Crippen molar-refractivity contribution in [2.75, 3.05) is 11.4 Å². The molecule has 0 spiro atoms. The Labute approximate surface area is 109 Å². The Morgan fingerprint density at radius 1 is 1.28 bits per heavy atom. The van der Waals surface area contributed by atoms with Gasteiger partial charge >= 0.3 is 6.18 Å². The summed E-state index contributed by atoms with van der Waals surface area (Å²) in [5, 5.41) is 0.432. The van der Waals surface area contributed by atoms with Crippen LogP contribution in [0.1, 0.15) is 15.4 Å². The molecule has 1 aliphatic rings. The first-order valence-electron chi connectivity index (χ1n) is 5.23. The number of hydrogen-bond donors (Lipinski definition) is 0. The van der Waals surface area contributed by atoms with E-state index in [9.17, 15) is 13.2 Å². The minimum Gasteiger partial charge on any atom is -0.342 e. The van der Waals surface area contributed by atoms with Gasteiger partial charge in [-0.25, -0.2) is 9.97 Å². The maximum atomic E-state index is 12.5. The lowest BCUT2D eigenvalue weighted by Crippen LogP contribution is -2.29. The molecule has 0 bridgehead atoms. The van der Waals surface area contributed by atoms with Crippen LogP contribution < -0.4 is 4.90 Å². The van der Waals surface area contributed by atoms with Crippen molar-refractivity contribution >= 4 is 27.8 Å². The summed E-state index contributed by atoms with van der Waals surface area (Å²) in [4.78, 5) is 10.4. The molecule has 0 aromatic carbocycles. The van der Waals surface area contributed by atoms with Crippen LogP contribution in [0.15, 0.2) is 11.7 Å². The van der Waals surface area contributed by atoms with Crippen LogP contribution in [-0.2, 0) is 19.1 Å². The standard InChI is InChI=1S/C10H8F3N3S2/c11-10(12,13)8-3-14-9(18-8)16-2-1-6-7(4-16)17-5-15-6/h3,5H,1-2,4H2. The maximum absolute atomic E-state index is 12.5. The molecule has 2 aromatic rings. The highest BCUT2D eigenvalue weighted by atomic mass is 32.1. The molecule has 0 saturated heterocycles.